The van der Waals surface area contributed by atoms with Crippen LogP contribution in [0.4, 0.5) is 4.39 Å². The molecule has 2 unspecified atom stereocenters. The van der Waals surface area contributed by atoms with Crippen LogP contribution in [0.15, 0.2) is 47.3 Å². The molecule has 1 aromatic carbocycles. The summed E-state index contributed by atoms with van der Waals surface area (Å²) >= 11 is 0. The normalized spacial score (nSPS) is 26.0. The summed E-state index contributed by atoms with van der Waals surface area (Å²) in [7, 11) is 0. The van der Waals surface area contributed by atoms with E-state index in [-0.39, 0.29) is 5.82 Å². The minimum atomic E-state index is -0.143. The van der Waals surface area contributed by atoms with Crippen molar-refractivity contribution in [3.63, 3.8) is 0 Å². The zero-order valence-electron chi connectivity index (χ0n) is 14.0. The minimum Gasteiger partial charge on any atom is -0.472 e. The van der Waals surface area contributed by atoms with Crippen LogP contribution in [0.1, 0.15) is 35.8 Å². The molecule has 128 valence electrons. The number of halogens is 1. The Morgan fingerprint density at radius 3 is 2.54 bits per heavy atom. The van der Waals surface area contributed by atoms with E-state index in [1.165, 1.54) is 24.0 Å². The van der Waals surface area contributed by atoms with Crippen molar-refractivity contribution in [2.45, 2.75) is 24.7 Å². The summed E-state index contributed by atoms with van der Waals surface area (Å²) in [4.78, 5) is 2.60. The number of hydrogen-bond donors (Lipinski definition) is 1. The van der Waals surface area contributed by atoms with Crippen molar-refractivity contribution in [1.82, 2.24) is 10.2 Å². The van der Waals surface area contributed by atoms with Crippen LogP contribution in [0.5, 0.6) is 0 Å². The molecule has 2 atom stereocenters. The first-order chi connectivity index (χ1) is 11.8. The quantitative estimate of drug-likeness (QED) is 0.929. The molecule has 2 aliphatic rings. The molecule has 2 saturated heterocycles. The fourth-order valence-electron chi connectivity index (χ4n) is 4.32. The van der Waals surface area contributed by atoms with Crippen molar-refractivity contribution < 1.29 is 8.81 Å². The number of nitrogens with zero attached hydrogens (tertiary/aromatic N) is 1. The Morgan fingerprint density at radius 2 is 1.83 bits per heavy atom. The fraction of sp³-hybridized carbons (Fsp3) is 0.500. The number of benzene rings is 1. The molecule has 4 rings (SSSR count). The third-order valence-corrected chi connectivity index (χ3v) is 5.73. The Morgan fingerprint density at radius 1 is 1.04 bits per heavy atom. The molecule has 3 nitrogen and oxygen atoms in total. The van der Waals surface area contributed by atoms with Crippen molar-refractivity contribution in [2.24, 2.45) is 5.92 Å². The van der Waals surface area contributed by atoms with Crippen LogP contribution in [0.25, 0.3) is 0 Å². The number of piperidine rings is 1. The monoisotopic (exact) mass is 328 g/mol. The first-order valence-corrected chi connectivity index (χ1v) is 9.00. The highest BCUT2D eigenvalue weighted by Crippen LogP contribution is 2.32. The smallest absolute Gasteiger partial charge is 0.123 e. The van der Waals surface area contributed by atoms with E-state index in [4.69, 9.17) is 4.42 Å². The van der Waals surface area contributed by atoms with Crippen molar-refractivity contribution >= 4 is 0 Å². The van der Waals surface area contributed by atoms with Gasteiger partial charge in [0, 0.05) is 19.0 Å². The van der Waals surface area contributed by atoms with Crippen LogP contribution in [-0.4, -0.2) is 37.6 Å². The van der Waals surface area contributed by atoms with E-state index in [2.05, 4.69) is 16.3 Å². The topological polar surface area (TPSA) is 28.4 Å². The molecule has 0 saturated carbocycles. The van der Waals surface area contributed by atoms with Gasteiger partial charge in [-0.05, 0) is 73.6 Å². The number of hydrogen-bond acceptors (Lipinski definition) is 3. The Bertz CT molecular complexity index is 632. The van der Waals surface area contributed by atoms with Gasteiger partial charge in [0.1, 0.15) is 5.82 Å². The summed E-state index contributed by atoms with van der Waals surface area (Å²) in [6.07, 6.45) is 6.01. The zero-order chi connectivity index (χ0) is 16.4. The predicted octanol–water partition coefficient (Wildman–Crippen LogP) is 3.60. The van der Waals surface area contributed by atoms with E-state index in [9.17, 15) is 4.39 Å². The van der Waals surface area contributed by atoms with E-state index in [0.29, 0.717) is 17.8 Å². The van der Waals surface area contributed by atoms with Gasteiger partial charge in [-0.3, -0.25) is 0 Å². The summed E-state index contributed by atoms with van der Waals surface area (Å²) < 4.78 is 18.3. The zero-order valence-corrected chi connectivity index (χ0v) is 14.0. The standard InChI is InChI=1S/C20H25FN2O/c21-19-3-1-15(2-4-19)16-5-8-23(9-6-16)13-18-11-22-12-20(18)17-7-10-24-14-17/h1-4,7,10,14,16,18,20,22H,5-6,8-9,11-13H2. The van der Waals surface area contributed by atoms with Crippen LogP contribution in [0.3, 0.4) is 0 Å². The lowest BCUT2D eigenvalue weighted by Crippen LogP contribution is -2.38. The van der Waals surface area contributed by atoms with Gasteiger partial charge in [-0.1, -0.05) is 12.1 Å². The molecule has 0 bridgehead atoms. The number of furan rings is 1. The molecule has 0 radical (unpaired) electrons. The van der Waals surface area contributed by atoms with E-state index >= 15 is 0 Å². The van der Waals surface area contributed by atoms with E-state index in [0.717, 1.165) is 32.7 Å². The molecular formula is C20H25FN2O. The van der Waals surface area contributed by atoms with Gasteiger partial charge >= 0.3 is 0 Å². The van der Waals surface area contributed by atoms with E-state index in [1.54, 1.807) is 18.4 Å². The molecule has 0 spiro atoms. The highest BCUT2D eigenvalue weighted by Gasteiger charge is 2.31. The second-order valence-electron chi connectivity index (χ2n) is 7.21. The Labute approximate surface area is 142 Å². The third-order valence-electron chi connectivity index (χ3n) is 5.73. The maximum Gasteiger partial charge on any atom is 0.123 e. The first-order valence-electron chi connectivity index (χ1n) is 9.00. The lowest BCUT2D eigenvalue weighted by atomic mass is 9.87. The number of likely N-dealkylation sites (tertiary alicyclic amines) is 1. The molecule has 0 aliphatic carbocycles. The predicted molar refractivity (Wildman–Crippen MR) is 92.6 cm³/mol. The van der Waals surface area contributed by atoms with Crippen molar-refractivity contribution in [2.75, 3.05) is 32.7 Å². The van der Waals surface area contributed by atoms with Crippen molar-refractivity contribution in [3.8, 4) is 0 Å². The maximum atomic E-state index is 13.1. The first kappa shape index (κ1) is 15.9. The van der Waals surface area contributed by atoms with Crippen LogP contribution >= 0.6 is 0 Å². The Hall–Kier alpha value is -1.65. The van der Waals surface area contributed by atoms with Gasteiger partial charge in [-0.15, -0.1) is 0 Å². The molecule has 2 aromatic rings. The number of rotatable bonds is 4. The molecule has 1 N–H and O–H groups in total. The van der Waals surface area contributed by atoms with Gasteiger partial charge in [0.05, 0.1) is 12.5 Å². The van der Waals surface area contributed by atoms with Crippen molar-refractivity contribution in [3.05, 3.63) is 59.8 Å². The van der Waals surface area contributed by atoms with Gasteiger partial charge in [0.15, 0.2) is 0 Å². The van der Waals surface area contributed by atoms with Crippen LogP contribution in [-0.2, 0) is 0 Å². The van der Waals surface area contributed by atoms with Crippen LogP contribution < -0.4 is 5.32 Å². The second-order valence-corrected chi connectivity index (χ2v) is 7.21. The summed E-state index contributed by atoms with van der Waals surface area (Å²) in [5.41, 5.74) is 2.61. The number of nitrogens with one attached hydrogen (secondary N) is 1. The minimum absolute atomic E-state index is 0.143. The molecule has 0 amide bonds. The third kappa shape index (κ3) is 3.40. The molecule has 2 fully saturated rings. The Kier molecular flexibility index (Phi) is 4.67. The van der Waals surface area contributed by atoms with Gasteiger partial charge in [-0.25, -0.2) is 4.39 Å². The average Bonchev–Trinajstić information content (AvgIpc) is 3.27. The highest BCUT2D eigenvalue weighted by atomic mass is 19.1. The summed E-state index contributed by atoms with van der Waals surface area (Å²) in [5.74, 6) is 1.66. The molecule has 4 heteroatoms. The summed E-state index contributed by atoms with van der Waals surface area (Å²) in [5, 5.41) is 3.54. The van der Waals surface area contributed by atoms with Gasteiger partial charge in [-0.2, -0.15) is 0 Å². The molecule has 2 aliphatic heterocycles. The lowest BCUT2D eigenvalue weighted by Gasteiger charge is -2.34. The highest BCUT2D eigenvalue weighted by molar-refractivity contribution is 5.21. The Balaban J connectivity index is 1.32. The van der Waals surface area contributed by atoms with E-state index < -0.39 is 0 Å². The lowest BCUT2D eigenvalue weighted by molar-refractivity contribution is 0.182. The average molecular weight is 328 g/mol. The van der Waals surface area contributed by atoms with Gasteiger partial charge < -0.3 is 14.6 Å². The largest absolute Gasteiger partial charge is 0.472 e. The fourth-order valence-corrected chi connectivity index (χ4v) is 4.32. The van der Waals surface area contributed by atoms with Crippen LogP contribution in [0, 0.1) is 11.7 Å². The molecule has 1 aromatic heterocycles. The van der Waals surface area contributed by atoms with Gasteiger partial charge in [0.25, 0.3) is 0 Å². The summed E-state index contributed by atoms with van der Waals surface area (Å²) in [6, 6.07) is 9.17. The summed E-state index contributed by atoms with van der Waals surface area (Å²) in [6.45, 7) is 5.57. The second kappa shape index (κ2) is 7.08. The maximum absolute atomic E-state index is 13.1. The van der Waals surface area contributed by atoms with Gasteiger partial charge in [0.2, 0.25) is 0 Å². The molecule has 3 heterocycles. The van der Waals surface area contributed by atoms with Crippen LogP contribution in [0.2, 0.25) is 0 Å². The SMILES string of the molecule is Fc1ccc(C2CCN(CC3CNCC3c3ccoc3)CC2)cc1. The molecular weight excluding hydrogens is 303 g/mol. The van der Waals surface area contributed by atoms with Crippen molar-refractivity contribution in [1.29, 1.82) is 0 Å². The molecule has 24 heavy (non-hydrogen) atoms. The van der Waals surface area contributed by atoms with E-state index in [1.807, 2.05) is 18.4 Å².